The number of rotatable bonds is 6. The number of benzene rings is 1. The SMILES string of the molecule is CCCC[C@@H](NC(=O)c1cccc(F)c1F)C(=O)OC. The predicted octanol–water partition coefficient (Wildman–Crippen LogP) is 2.43. The largest absolute Gasteiger partial charge is 0.467 e. The average Bonchev–Trinajstić information content (AvgIpc) is 2.45. The van der Waals surface area contributed by atoms with Crippen LogP contribution < -0.4 is 5.32 Å². The van der Waals surface area contributed by atoms with Crippen LogP contribution in [0.1, 0.15) is 36.5 Å². The molecule has 4 nitrogen and oxygen atoms in total. The lowest BCUT2D eigenvalue weighted by Gasteiger charge is -2.16. The van der Waals surface area contributed by atoms with Crippen molar-refractivity contribution in [2.24, 2.45) is 0 Å². The van der Waals surface area contributed by atoms with Crippen molar-refractivity contribution in [2.75, 3.05) is 7.11 Å². The molecule has 0 unspecified atom stereocenters. The van der Waals surface area contributed by atoms with Crippen molar-refractivity contribution in [2.45, 2.75) is 32.2 Å². The first-order valence-electron chi connectivity index (χ1n) is 6.34. The normalized spacial score (nSPS) is 11.8. The van der Waals surface area contributed by atoms with Gasteiger partial charge in [0.05, 0.1) is 12.7 Å². The Balaban J connectivity index is 2.84. The molecule has 0 aliphatic rings. The molecule has 0 aliphatic carbocycles. The van der Waals surface area contributed by atoms with Gasteiger partial charge in [-0.1, -0.05) is 25.8 Å². The van der Waals surface area contributed by atoms with Gasteiger partial charge in [0.25, 0.3) is 5.91 Å². The summed E-state index contributed by atoms with van der Waals surface area (Å²) in [6.45, 7) is 1.93. The van der Waals surface area contributed by atoms with E-state index >= 15 is 0 Å². The summed E-state index contributed by atoms with van der Waals surface area (Å²) < 4.78 is 31.1. The molecule has 6 heteroatoms. The second kappa shape index (κ2) is 7.57. The lowest BCUT2D eigenvalue weighted by molar-refractivity contribution is -0.143. The Morgan fingerprint density at radius 1 is 1.35 bits per heavy atom. The predicted molar refractivity (Wildman–Crippen MR) is 69.2 cm³/mol. The Kier molecular flexibility index (Phi) is 6.09. The summed E-state index contributed by atoms with van der Waals surface area (Å²) in [5, 5.41) is 2.37. The highest BCUT2D eigenvalue weighted by atomic mass is 19.2. The van der Waals surface area contributed by atoms with E-state index in [0.29, 0.717) is 12.8 Å². The van der Waals surface area contributed by atoms with Crippen LogP contribution in [0.15, 0.2) is 18.2 Å². The smallest absolute Gasteiger partial charge is 0.328 e. The standard InChI is InChI=1S/C14H17F2NO3/c1-3-4-8-11(14(19)20-2)17-13(18)9-6-5-7-10(15)12(9)16/h5-7,11H,3-4,8H2,1-2H3,(H,17,18)/t11-/m1/s1. The van der Waals surface area contributed by atoms with Crippen molar-refractivity contribution in [1.82, 2.24) is 5.32 Å². The number of ether oxygens (including phenoxy) is 1. The van der Waals surface area contributed by atoms with Gasteiger partial charge in [-0.3, -0.25) is 4.79 Å². The summed E-state index contributed by atoms with van der Waals surface area (Å²) in [5.74, 6) is -3.79. The Morgan fingerprint density at radius 2 is 2.05 bits per heavy atom. The van der Waals surface area contributed by atoms with Crippen molar-refractivity contribution >= 4 is 11.9 Å². The van der Waals surface area contributed by atoms with Gasteiger partial charge in [-0.2, -0.15) is 0 Å². The summed E-state index contributed by atoms with van der Waals surface area (Å²) in [4.78, 5) is 23.4. The molecular formula is C14H17F2NO3. The van der Waals surface area contributed by atoms with Crippen molar-refractivity contribution < 1.29 is 23.1 Å². The van der Waals surface area contributed by atoms with Gasteiger partial charge in [-0.15, -0.1) is 0 Å². The van der Waals surface area contributed by atoms with Gasteiger partial charge in [0.2, 0.25) is 0 Å². The Labute approximate surface area is 116 Å². The first-order valence-corrected chi connectivity index (χ1v) is 6.34. The molecule has 1 aromatic rings. The molecule has 0 fully saturated rings. The molecule has 0 heterocycles. The van der Waals surface area contributed by atoms with Gasteiger partial charge in [0, 0.05) is 0 Å². The number of unbranched alkanes of at least 4 members (excludes halogenated alkanes) is 1. The van der Waals surface area contributed by atoms with Crippen LogP contribution in [0.2, 0.25) is 0 Å². The third-order valence-corrected chi connectivity index (χ3v) is 2.83. The molecular weight excluding hydrogens is 268 g/mol. The van der Waals surface area contributed by atoms with E-state index in [9.17, 15) is 18.4 Å². The van der Waals surface area contributed by atoms with Crippen molar-refractivity contribution in [3.05, 3.63) is 35.4 Å². The molecule has 0 saturated carbocycles. The molecule has 1 aromatic carbocycles. The first kappa shape index (κ1) is 16.1. The molecule has 0 saturated heterocycles. The van der Waals surface area contributed by atoms with Crippen LogP contribution in [0, 0.1) is 11.6 Å². The molecule has 1 N–H and O–H groups in total. The minimum absolute atomic E-state index is 0.381. The highest BCUT2D eigenvalue weighted by Gasteiger charge is 2.23. The molecule has 20 heavy (non-hydrogen) atoms. The van der Waals surface area contributed by atoms with Gasteiger partial charge in [-0.05, 0) is 18.6 Å². The van der Waals surface area contributed by atoms with E-state index in [0.717, 1.165) is 18.6 Å². The number of esters is 1. The quantitative estimate of drug-likeness (QED) is 0.817. The number of halogens is 2. The fourth-order valence-electron chi connectivity index (χ4n) is 1.71. The first-order chi connectivity index (χ1) is 9.51. The zero-order valence-electron chi connectivity index (χ0n) is 11.4. The number of methoxy groups -OCH3 is 1. The second-order valence-corrected chi connectivity index (χ2v) is 4.29. The van der Waals surface area contributed by atoms with Crippen LogP contribution in [0.4, 0.5) is 8.78 Å². The van der Waals surface area contributed by atoms with E-state index in [1.165, 1.54) is 13.2 Å². The summed E-state index contributed by atoms with van der Waals surface area (Å²) in [7, 11) is 1.20. The van der Waals surface area contributed by atoms with Crippen molar-refractivity contribution in [3.8, 4) is 0 Å². The summed E-state index contributed by atoms with van der Waals surface area (Å²) >= 11 is 0. The molecule has 0 aromatic heterocycles. The number of carbonyl (C=O) groups excluding carboxylic acids is 2. The molecule has 0 bridgehead atoms. The maximum atomic E-state index is 13.5. The van der Waals surface area contributed by atoms with Crippen LogP contribution in [0.5, 0.6) is 0 Å². The molecule has 0 aliphatic heterocycles. The van der Waals surface area contributed by atoms with Gasteiger partial charge in [-0.25, -0.2) is 13.6 Å². The van der Waals surface area contributed by atoms with Gasteiger partial charge in [0.15, 0.2) is 11.6 Å². The zero-order valence-corrected chi connectivity index (χ0v) is 11.4. The number of carbonyl (C=O) groups is 2. The lowest BCUT2D eigenvalue weighted by Crippen LogP contribution is -2.41. The summed E-state index contributed by atoms with van der Waals surface area (Å²) in [5.41, 5.74) is -0.435. The van der Waals surface area contributed by atoms with Gasteiger partial charge < -0.3 is 10.1 Å². The maximum absolute atomic E-state index is 13.5. The van der Waals surface area contributed by atoms with Crippen LogP contribution >= 0.6 is 0 Å². The molecule has 0 spiro atoms. The molecule has 1 rings (SSSR count). The fourth-order valence-corrected chi connectivity index (χ4v) is 1.71. The monoisotopic (exact) mass is 285 g/mol. The second-order valence-electron chi connectivity index (χ2n) is 4.29. The molecule has 110 valence electrons. The molecule has 1 amide bonds. The maximum Gasteiger partial charge on any atom is 0.328 e. The van der Waals surface area contributed by atoms with E-state index in [1.54, 1.807) is 0 Å². The topological polar surface area (TPSA) is 55.4 Å². The van der Waals surface area contributed by atoms with E-state index < -0.39 is 35.1 Å². The third-order valence-electron chi connectivity index (χ3n) is 2.83. The molecule has 0 radical (unpaired) electrons. The minimum Gasteiger partial charge on any atom is -0.467 e. The highest BCUT2D eigenvalue weighted by molar-refractivity contribution is 5.97. The van der Waals surface area contributed by atoms with E-state index in [2.05, 4.69) is 10.1 Å². The van der Waals surface area contributed by atoms with E-state index in [-0.39, 0.29) is 0 Å². The third kappa shape index (κ3) is 4.01. The number of nitrogens with one attached hydrogen (secondary N) is 1. The zero-order chi connectivity index (χ0) is 15.1. The number of hydrogen-bond acceptors (Lipinski definition) is 3. The minimum atomic E-state index is -1.23. The Hall–Kier alpha value is -1.98. The highest BCUT2D eigenvalue weighted by Crippen LogP contribution is 2.12. The Morgan fingerprint density at radius 3 is 2.65 bits per heavy atom. The number of hydrogen-bond donors (Lipinski definition) is 1. The van der Waals surface area contributed by atoms with Crippen LogP contribution in [0.25, 0.3) is 0 Å². The Bertz CT molecular complexity index is 491. The summed E-state index contributed by atoms with van der Waals surface area (Å²) in [6, 6.07) is 2.44. The van der Waals surface area contributed by atoms with Crippen LogP contribution in [0.3, 0.4) is 0 Å². The van der Waals surface area contributed by atoms with Crippen molar-refractivity contribution in [3.63, 3.8) is 0 Å². The van der Waals surface area contributed by atoms with Crippen LogP contribution in [-0.2, 0) is 9.53 Å². The van der Waals surface area contributed by atoms with Gasteiger partial charge in [0.1, 0.15) is 6.04 Å². The fraction of sp³-hybridized carbons (Fsp3) is 0.429. The van der Waals surface area contributed by atoms with Gasteiger partial charge >= 0.3 is 5.97 Å². The van der Waals surface area contributed by atoms with E-state index in [4.69, 9.17) is 0 Å². The van der Waals surface area contributed by atoms with E-state index in [1.807, 2.05) is 6.92 Å². The average molecular weight is 285 g/mol. The number of amides is 1. The summed E-state index contributed by atoms with van der Waals surface area (Å²) in [6.07, 6.45) is 1.91. The van der Waals surface area contributed by atoms with Crippen LogP contribution in [-0.4, -0.2) is 25.0 Å². The van der Waals surface area contributed by atoms with Crippen molar-refractivity contribution in [1.29, 1.82) is 0 Å². The molecule has 1 atom stereocenters. The lowest BCUT2D eigenvalue weighted by atomic mass is 10.1.